The summed E-state index contributed by atoms with van der Waals surface area (Å²) in [7, 11) is 0. The first-order chi connectivity index (χ1) is 11.2. The summed E-state index contributed by atoms with van der Waals surface area (Å²) in [5, 5.41) is 10.9. The molecule has 0 aromatic heterocycles. The van der Waals surface area contributed by atoms with Gasteiger partial charge in [-0.2, -0.15) is 18.4 Å². The lowest BCUT2D eigenvalue weighted by atomic mass is 10.1. The molecule has 3 N–H and O–H groups in total. The summed E-state index contributed by atoms with van der Waals surface area (Å²) in [5.41, 5.74) is 4.82. The second-order valence-electron chi connectivity index (χ2n) is 5.30. The highest BCUT2D eigenvalue weighted by Crippen LogP contribution is 2.29. The van der Waals surface area contributed by atoms with Gasteiger partial charge in [0.05, 0.1) is 18.1 Å². The van der Waals surface area contributed by atoms with E-state index >= 15 is 0 Å². The molecule has 0 saturated heterocycles. The van der Waals surface area contributed by atoms with Crippen LogP contribution in [0, 0.1) is 11.3 Å². The van der Waals surface area contributed by atoms with Crippen molar-refractivity contribution < 1.29 is 22.8 Å². The molecule has 130 valence electrons. The Morgan fingerprint density at radius 1 is 1.21 bits per heavy atom. The molecule has 1 rings (SSSR count). The van der Waals surface area contributed by atoms with Gasteiger partial charge < -0.3 is 11.1 Å². The average Bonchev–Trinajstić information content (AvgIpc) is 2.49. The third-order valence-electron chi connectivity index (χ3n) is 3.36. The summed E-state index contributed by atoms with van der Waals surface area (Å²) in [5.74, 6) is -1.19. The third-order valence-corrected chi connectivity index (χ3v) is 3.36. The molecule has 0 unspecified atom stereocenters. The van der Waals surface area contributed by atoms with Gasteiger partial charge in [-0.1, -0.05) is 12.1 Å². The minimum absolute atomic E-state index is 0.153. The smallest absolute Gasteiger partial charge is 0.368 e. The zero-order chi connectivity index (χ0) is 18.2. The maximum Gasteiger partial charge on any atom is 0.416 e. The number of carbonyl (C=O) groups is 2. The molecule has 1 aromatic carbocycles. The molecule has 0 spiro atoms. The summed E-state index contributed by atoms with van der Waals surface area (Å²) in [6.07, 6.45) is -2.76. The normalized spacial score (nSPS) is 12.2. The van der Waals surface area contributed by atoms with E-state index in [9.17, 15) is 22.8 Å². The van der Waals surface area contributed by atoms with Crippen molar-refractivity contribution in [1.29, 1.82) is 5.26 Å². The molecular formula is C16H18F3N3O2. The third kappa shape index (κ3) is 6.69. The number of unbranched alkanes of at least 4 members (excludes halogenated alkanes) is 2. The standard InChI is InChI=1S/C16H18F3N3O2/c17-16(18,19)12-7-5-11(6-8-12)10-14(23)22-13(15(21)24)4-2-1-3-9-20/h5-8,13H,1-4,10H2,(H2,21,24)(H,22,23)/t13-/m1/s1. The van der Waals surface area contributed by atoms with Crippen LogP contribution in [0.4, 0.5) is 13.2 Å². The number of nitrogens with two attached hydrogens (primary N) is 1. The Balaban J connectivity index is 2.56. The molecule has 0 saturated carbocycles. The Hall–Kier alpha value is -2.56. The van der Waals surface area contributed by atoms with E-state index in [0.29, 0.717) is 31.2 Å². The number of nitriles is 1. The van der Waals surface area contributed by atoms with Gasteiger partial charge in [0.2, 0.25) is 11.8 Å². The Morgan fingerprint density at radius 3 is 2.33 bits per heavy atom. The predicted molar refractivity (Wildman–Crippen MR) is 80.4 cm³/mol. The highest BCUT2D eigenvalue weighted by Gasteiger charge is 2.30. The lowest BCUT2D eigenvalue weighted by Gasteiger charge is -2.15. The number of hydrogen-bond acceptors (Lipinski definition) is 3. The van der Waals surface area contributed by atoms with Crippen molar-refractivity contribution in [2.24, 2.45) is 5.73 Å². The molecule has 1 aromatic rings. The van der Waals surface area contributed by atoms with Crippen LogP contribution in [0.3, 0.4) is 0 Å². The number of halogens is 3. The SMILES string of the molecule is N#CCCCC[C@@H](NC(=O)Cc1ccc(C(F)(F)F)cc1)C(N)=O. The van der Waals surface area contributed by atoms with Crippen molar-refractivity contribution in [3.63, 3.8) is 0 Å². The molecule has 2 amide bonds. The summed E-state index contributed by atoms with van der Waals surface area (Å²) < 4.78 is 37.4. The molecule has 0 heterocycles. The topological polar surface area (TPSA) is 96.0 Å². The fourth-order valence-electron chi connectivity index (χ4n) is 2.08. The Morgan fingerprint density at radius 2 is 1.83 bits per heavy atom. The molecule has 0 radical (unpaired) electrons. The van der Waals surface area contributed by atoms with Gasteiger partial charge in [-0.3, -0.25) is 9.59 Å². The van der Waals surface area contributed by atoms with E-state index < -0.39 is 29.6 Å². The van der Waals surface area contributed by atoms with Crippen LogP contribution in [0.25, 0.3) is 0 Å². The van der Waals surface area contributed by atoms with Crippen molar-refractivity contribution >= 4 is 11.8 Å². The second-order valence-corrected chi connectivity index (χ2v) is 5.30. The van der Waals surface area contributed by atoms with Crippen LogP contribution < -0.4 is 11.1 Å². The van der Waals surface area contributed by atoms with Gasteiger partial charge in [0.25, 0.3) is 0 Å². The average molecular weight is 341 g/mol. The lowest BCUT2D eigenvalue weighted by Crippen LogP contribution is -2.44. The van der Waals surface area contributed by atoms with E-state index in [1.807, 2.05) is 6.07 Å². The number of nitrogens with zero attached hydrogens (tertiary/aromatic N) is 1. The number of alkyl halides is 3. The quantitative estimate of drug-likeness (QED) is 0.710. The molecule has 5 nitrogen and oxygen atoms in total. The van der Waals surface area contributed by atoms with E-state index in [-0.39, 0.29) is 6.42 Å². The molecule has 8 heteroatoms. The Bertz CT molecular complexity index is 606. The number of benzene rings is 1. The van der Waals surface area contributed by atoms with Crippen molar-refractivity contribution in [1.82, 2.24) is 5.32 Å². The minimum atomic E-state index is -4.43. The number of primary amides is 1. The molecule has 0 aliphatic carbocycles. The van der Waals surface area contributed by atoms with Crippen LogP contribution in [0.15, 0.2) is 24.3 Å². The van der Waals surface area contributed by atoms with Gasteiger partial charge in [0, 0.05) is 6.42 Å². The van der Waals surface area contributed by atoms with Gasteiger partial charge in [0.15, 0.2) is 0 Å². The number of rotatable bonds is 8. The van der Waals surface area contributed by atoms with Gasteiger partial charge in [-0.05, 0) is 37.0 Å². The van der Waals surface area contributed by atoms with Crippen molar-refractivity contribution in [2.75, 3.05) is 0 Å². The summed E-state index contributed by atoms with van der Waals surface area (Å²) in [6.45, 7) is 0. The zero-order valence-corrected chi connectivity index (χ0v) is 12.9. The Kier molecular flexibility index (Phi) is 7.24. The number of hydrogen-bond donors (Lipinski definition) is 2. The van der Waals surface area contributed by atoms with Crippen molar-refractivity contribution in [2.45, 2.75) is 44.3 Å². The monoisotopic (exact) mass is 341 g/mol. The van der Waals surface area contributed by atoms with Gasteiger partial charge in [-0.15, -0.1) is 0 Å². The van der Waals surface area contributed by atoms with Gasteiger partial charge >= 0.3 is 6.18 Å². The van der Waals surface area contributed by atoms with Crippen LogP contribution in [-0.2, 0) is 22.2 Å². The van der Waals surface area contributed by atoms with E-state index in [1.54, 1.807) is 0 Å². The van der Waals surface area contributed by atoms with E-state index in [4.69, 9.17) is 11.0 Å². The highest BCUT2D eigenvalue weighted by atomic mass is 19.4. The van der Waals surface area contributed by atoms with Gasteiger partial charge in [-0.25, -0.2) is 0 Å². The fourth-order valence-corrected chi connectivity index (χ4v) is 2.08. The van der Waals surface area contributed by atoms with E-state index in [1.165, 1.54) is 12.1 Å². The van der Waals surface area contributed by atoms with Crippen LogP contribution >= 0.6 is 0 Å². The maximum absolute atomic E-state index is 12.5. The van der Waals surface area contributed by atoms with Crippen molar-refractivity contribution in [3.05, 3.63) is 35.4 Å². The molecular weight excluding hydrogens is 323 g/mol. The second kappa shape index (κ2) is 8.91. The number of nitrogens with one attached hydrogen (secondary N) is 1. The zero-order valence-electron chi connectivity index (χ0n) is 12.9. The van der Waals surface area contributed by atoms with E-state index in [2.05, 4.69) is 5.32 Å². The molecule has 0 aliphatic rings. The summed E-state index contributed by atoms with van der Waals surface area (Å²) >= 11 is 0. The van der Waals surface area contributed by atoms with E-state index in [0.717, 1.165) is 12.1 Å². The van der Waals surface area contributed by atoms with Crippen LogP contribution in [0.2, 0.25) is 0 Å². The largest absolute Gasteiger partial charge is 0.416 e. The maximum atomic E-state index is 12.5. The lowest BCUT2D eigenvalue weighted by molar-refractivity contribution is -0.137. The fraction of sp³-hybridized carbons (Fsp3) is 0.438. The highest BCUT2D eigenvalue weighted by molar-refractivity contribution is 5.87. The minimum Gasteiger partial charge on any atom is -0.368 e. The molecule has 24 heavy (non-hydrogen) atoms. The molecule has 0 fully saturated rings. The first-order valence-electron chi connectivity index (χ1n) is 7.36. The molecule has 1 atom stereocenters. The van der Waals surface area contributed by atoms with Crippen LogP contribution in [0.1, 0.15) is 36.8 Å². The van der Waals surface area contributed by atoms with Crippen LogP contribution in [-0.4, -0.2) is 17.9 Å². The Labute approximate surface area is 137 Å². The number of amides is 2. The van der Waals surface area contributed by atoms with Gasteiger partial charge in [0.1, 0.15) is 6.04 Å². The molecule has 0 aliphatic heterocycles. The van der Waals surface area contributed by atoms with Crippen LogP contribution in [0.5, 0.6) is 0 Å². The number of carbonyl (C=O) groups excluding carboxylic acids is 2. The predicted octanol–water partition coefficient (Wildman–Crippen LogP) is 2.30. The first-order valence-corrected chi connectivity index (χ1v) is 7.36. The first kappa shape index (κ1) is 19.5. The molecule has 0 bridgehead atoms. The summed E-state index contributed by atoms with van der Waals surface area (Å²) in [4.78, 5) is 23.2. The van der Waals surface area contributed by atoms with Crippen molar-refractivity contribution in [3.8, 4) is 6.07 Å². The summed E-state index contributed by atoms with van der Waals surface area (Å²) in [6, 6.07) is 5.35.